The van der Waals surface area contributed by atoms with Crippen molar-refractivity contribution in [3.8, 4) is 0 Å². The van der Waals surface area contributed by atoms with Gasteiger partial charge >= 0.3 is 5.97 Å². The van der Waals surface area contributed by atoms with Gasteiger partial charge in [0.15, 0.2) is 0 Å². The largest absolute Gasteiger partial charge is 0.421 e. The monoisotopic (exact) mass is 227 g/mol. The molecule has 16 heavy (non-hydrogen) atoms. The Morgan fingerprint density at radius 1 is 1.44 bits per heavy atom. The van der Waals surface area contributed by atoms with Gasteiger partial charge in [-0.1, -0.05) is 0 Å². The fraction of sp³-hybridized carbons (Fsp3) is 0.600. The number of nitrogens with zero attached hydrogens (tertiary/aromatic N) is 2. The summed E-state index contributed by atoms with van der Waals surface area (Å²) >= 11 is 0. The Balaban J connectivity index is 2.41. The number of carbonyl (C=O) groups excluding carboxylic acids is 2. The number of esters is 1. The van der Waals surface area contributed by atoms with E-state index in [0.717, 1.165) is 6.54 Å². The molecule has 1 aliphatic rings. The van der Waals surface area contributed by atoms with Crippen LogP contribution in [0.4, 0.5) is 0 Å². The van der Waals surface area contributed by atoms with Gasteiger partial charge in [0.2, 0.25) is 5.91 Å². The second kappa shape index (κ2) is 5.39. The summed E-state index contributed by atoms with van der Waals surface area (Å²) in [7, 11) is 1.82. The molecule has 1 unspecified atom stereocenters. The highest BCUT2D eigenvalue weighted by Gasteiger charge is 2.25. The molecule has 0 spiro atoms. The van der Waals surface area contributed by atoms with Crippen LogP contribution in [0, 0.1) is 0 Å². The molecule has 0 radical (unpaired) electrons. The van der Waals surface area contributed by atoms with Crippen LogP contribution in [0.25, 0.3) is 0 Å². The Labute approximate surface area is 94.8 Å². The van der Waals surface area contributed by atoms with E-state index in [1.807, 2.05) is 31.3 Å². The van der Waals surface area contributed by atoms with Crippen LogP contribution < -0.4 is 5.32 Å². The molecule has 0 aromatic rings. The van der Waals surface area contributed by atoms with Crippen LogP contribution in [-0.2, 0) is 14.3 Å². The first-order valence-electron chi connectivity index (χ1n) is 5.14. The number of nitrogens with one attached hydrogen (secondary N) is 1. The molecule has 1 heterocycles. The van der Waals surface area contributed by atoms with E-state index in [2.05, 4.69) is 5.32 Å². The topological polar surface area (TPSA) is 61.9 Å². The molecule has 1 atom stereocenters. The van der Waals surface area contributed by atoms with E-state index in [1.165, 1.54) is 6.92 Å². The molecule has 0 aromatic carbocycles. The first-order valence-corrected chi connectivity index (χ1v) is 5.14. The highest BCUT2D eigenvalue weighted by atomic mass is 16.6. The molecule has 1 rings (SSSR count). The van der Waals surface area contributed by atoms with Gasteiger partial charge in [-0.05, 0) is 6.92 Å². The first-order chi connectivity index (χ1) is 7.54. The zero-order valence-electron chi connectivity index (χ0n) is 9.77. The van der Waals surface area contributed by atoms with Gasteiger partial charge in [0, 0.05) is 32.9 Å². The third kappa shape index (κ3) is 3.15. The summed E-state index contributed by atoms with van der Waals surface area (Å²) in [5.41, 5.74) is 0. The lowest BCUT2D eigenvalue weighted by Crippen LogP contribution is -2.42. The normalized spacial score (nSPS) is 18.8. The van der Waals surface area contributed by atoms with Gasteiger partial charge < -0.3 is 19.9 Å². The SMILES string of the molecule is CCN1C=CN(C)C1OC(=O)CNC(C)=O. The van der Waals surface area contributed by atoms with Crippen LogP contribution in [0.1, 0.15) is 13.8 Å². The maximum atomic E-state index is 11.4. The van der Waals surface area contributed by atoms with Gasteiger partial charge in [-0.3, -0.25) is 9.59 Å². The van der Waals surface area contributed by atoms with Gasteiger partial charge in [-0.2, -0.15) is 0 Å². The van der Waals surface area contributed by atoms with Crippen molar-refractivity contribution in [2.75, 3.05) is 20.1 Å². The number of amides is 1. The standard InChI is InChI=1S/C10H17N3O3/c1-4-13-6-5-12(3)10(13)16-9(15)7-11-8(2)14/h5-6,10H,4,7H2,1-3H3,(H,11,14). The predicted molar refractivity (Wildman–Crippen MR) is 57.8 cm³/mol. The lowest BCUT2D eigenvalue weighted by molar-refractivity contribution is -0.166. The van der Waals surface area contributed by atoms with Crippen molar-refractivity contribution in [1.82, 2.24) is 15.1 Å². The van der Waals surface area contributed by atoms with E-state index in [4.69, 9.17) is 4.74 Å². The molecule has 0 fully saturated rings. The summed E-state index contributed by atoms with van der Waals surface area (Å²) in [4.78, 5) is 25.7. The van der Waals surface area contributed by atoms with Crippen molar-refractivity contribution in [2.24, 2.45) is 0 Å². The fourth-order valence-electron chi connectivity index (χ4n) is 1.34. The highest BCUT2D eigenvalue weighted by molar-refractivity contribution is 5.80. The molecule has 0 aromatic heterocycles. The summed E-state index contributed by atoms with van der Waals surface area (Å²) in [5, 5.41) is 2.40. The van der Waals surface area contributed by atoms with E-state index < -0.39 is 12.3 Å². The molecule has 6 nitrogen and oxygen atoms in total. The molecule has 0 saturated heterocycles. The third-order valence-corrected chi connectivity index (χ3v) is 2.21. The molecule has 1 aliphatic heterocycles. The Morgan fingerprint density at radius 2 is 2.12 bits per heavy atom. The van der Waals surface area contributed by atoms with Crippen molar-refractivity contribution in [2.45, 2.75) is 20.2 Å². The molecule has 1 amide bonds. The molecule has 0 aliphatic carbocycles. The van der Waals surface area contributed by atoms with Crippen LogP contribution in [0.5, 0.6) is 0 Å². The molecular formula is C10H17N3O3. The van der Waals surface area contributed by atoms with E-state index in [0.29, 0.717) is 0 Å². The van der Waals surface area contributed by atoms with Crippen LogP contribution in [0.3, 0.4) is 0 Å². The fourth-order valence-corrected chi connectivity index (χ4v) is 1.34. The van der Waals surface area contributed by atoms with Crippen LogP contribution in [0.15, 0.2) is 12.4 Å². The average molecular weight is 227 g/mol. The number of rotatable bonds is 4. The van der Waals surface area contributed by atoms with Crippen molar-refractivity contribution < 1.29 is 14.3 Å². The van der Waals surface area contributed by atoms with Gasteiger partial charge in [0.05, 0.1) is 0 Å². The quantitative estimate of drug-likeness (QED) is 0.667. The van der Waals surface area contributed by atoms with Gasteiger partial charge in [0.25, 0.3) is 6.35 Å². The smallest absolute Gasteiger partial charge is 0.328 e. The van der Waals surface area contributed by atoms with E-state index in [1.54, 1.807) is 4.90 Å². The van der Waals surface area contributed by atoms with E-state index in [-0.39, 0.29) is 12.5 Å². The molecule has 0 bridgehead atoms. The second-order valence-electron chi connectivity index (χ2n) is 3.52. The van der Waals surface area contributed by atoms with Crippen molar-refractivity contribution in [1.29, 1.82) is 0 Å². The number of carbonyl (C=O) groups is 2. The van der Waals surface area contributed by atoms with Crippen molar-refractivity contribution in [3.05, 3.63) is 12.4 Å². The van der Waals surface area contributed by atoms with Gasteiger partial charge in [-0.25, -0.2) is 0 Å². The summed E-state index contributed by atoms with van der Waals surface area (Å²) in [5.74, 6) is -0.698. The van der Waals surface area contributed by atoms with E-state index in [9.17, 15) is 9.59 Å². The molecule has 6 heteroatoms. The summed E-state index contributed by atoms with van der Waals surface area (Å²) in [6.07, 6.45) is 3.28. The maximum Gasteiger partial charge on any atom is 0.328 e. The summed E-state index contributed by atoms with van der Waals surface area (Å²) in [6.45, 7) is 3.98. The maximum absolute atomic E-state index is 11.4. The second-order valence-corrected chi connectivity index (χ2v) is 3.52. The zero-order chi connectivity index (χ0) is 12.1. The van der Waals surface area contributed by atoms with Crippen LogP contribution in [0.2, 0.25) is 0 Å². The predicted octanol–water partition coefficient (Wildman–Crippen LogP) is -0.312. The van der Waals surface area contributed by atoms with Crippen LogP contribution >= 0.6 is 0 Å². The third-order valence-electron chi connectivity index (χ3n) is 2.21. The Hall–Kier alpha value is -1.72. The molecule has 90 valence electrons. The Morgan fingerprint density at radius 3 is 2.69 bits per heavy atom. The number of hydrogen-bond acceptors (Lipinski definition) is 5. The van der Waals surface area contributed by atoms with Crippen LogP contribution in [-0.4, -0.2) is 48.2 Å². The first kappa shape index (κ1) is 12.4. The number of ether oxygens (including phenoxy) is 1. The minimum atomic E-state index is -0.450. The Kier molecular flexibility index (Phi) is 4.16. The molecule has 0 saturated carbocycles. The lowest BCUT2D eigenvalue weighted by Gasteiger charge is -2.28. The van der Waals surface area contributed by atoms with E-state index >= 15 is 0 Å². The summed E-state index contributed by atoms with van der Waals surface area (Å²) in [6, 6.07) is 0. The van der Waals surface area contributed by atoms with Crippen molar-refractivity contribution in [3.63, 3.8) is 0 Å². The van der Waals surface area contributed by atoms with Gasteiger partial charge in [0.1, 0.15) is 6.54 Å². The summed E-state index contributed by atoms with van der Waals surface area (Å²) < 4.78 is 5.21. The average Bonchev–Trinajstić information content (AvgIpc) is 2.57. The Bertz CT molecular complexity index is 304. The van der Waals surface area contributed by atoms with Gasteiger partial charge in [-0.15, -0.1) is 0 Å². The highest BCUT2D eigenvalue weighted by Crippen LogP contribution is 2.14. The minimum absolute atomic E-state index is 0.1000. The minimum Gasteiger partial charge on any atom is -0.421 e. The lowest BCUT2D eigenvalue weighted by atomic mass is 10.6. The molecule has 1 N–H and O–H groups in total. The zero-order valence-corrected chi connectivity index (χ0v) is 9.77. The van der Waals surface area contributed by atoms with Crippen molar-refractivity contribution >= 4 is 11.9 Å². The molecular weight excluding hydrogens is 210 g/mol. The number of hydrogen-bond donors (Lipinski definition) is 1.